The molecule has 1 aromatic rings. The molecule has 3 N–H and O–H groups in total. The fourth-order valence-corrected chi connectivity index (χ4v) is 2.34. The molecule has 1 aromatic carbocycles. The molecule has 0 heterocycles. The van der Waals surface area contributed by atoms with Gasteiger partial charge in [-0.25, -0.2) is 0 Å². The number of halogens is 1. The number of nitrogens with one attached hydrogen (secondary N) is 1. The molecule has 1 aliphatic rings. The number of carbonyl (C=O) groups excluding carboxylic acids is 1. The van der Waals surface area contributed by atoms with Gasteiger partial charge in [0.2, 0.25) is 5.91 Å². The van der Waals surface area contributed by atoms with Crippen LogP contribution in [0.2, 0.25) is 0 Å². The Morgan fingerprint density at radius 3 is 2.79 bits per heavy atom. The van der Waals surface area contributed by atoms with E-state index in [0.717, 1.165) is 30.7 Å². The van der Waals surface area contributed by atoms with Gasteiger partial charge in [0, 0.05) is 12.0 Å². The maximum atomic E-state index is 12.1. The van der Waals surface area contributed by atoms with Crippen molar-refractivity contribution in [2.75, 3.05) is 11.9 Å². The van der Waals surface area contributed by atoms with Gasteiger partial charge in [-0.15, -0.1) is 12.4 Å². The number of hydrogen-bond acceptors (Lipinski definition) is 3. The molecule has 1 saturated carbocycles. The van der Waals surface area contributed by atoms with Gasteiger partial charge in [0.05, 0.1) is 12.3 Å². The van der Waals surface area contributed by atoms with E-state index < -0.39 is 0 Å². The summed E-state index contributed by atoms with van der Waals surface area (Å²) in [4.78, 5) is 12.1. The van der Waals surface area contributed by atoms with E-state index in [-0.39, 0.29) is 30.3 Å². The Hall–Kier alpha value is -1.26. The first-order chi connectivity index (χ1) is 8.70. The van der Waals surface area contributed by atoms with Gasteiger partial charge in [0.25, 0.3) is 0 Å². The van der Waals surface area contributed by atoms with Crippen molar-refractivity contribution in [1.29, 1.82) is 0 Å². The van der Waals surface area contributed by atoms with Crippen LogP contribution < -0.4 is 15.8 Å². The van der Waals surface area contributed by atoms with Crippen molar-refractivity contribution in [3.8, 4) is 5.75 Å². The maximum absolute atomic E-state index is 12.1. The van der Waals surface area contributed by atoms with Gasteiger partial charge < -0.3 is 15.8 Å². The summed E-state index contributed by atoms with van der Waals surface area (Å²) in [5.74, 6) is 0.806. The minimum absolute atomic E-state index is 0. The Morgan fingerprint density at radius 2 is 2.16 bits per heavy atom. The highest BCUT2D eigenvalue weighted by Gasteiger charge is 2.28. The number of amides is 1. The molecule has 0 aliphatic heterocycles. The van der Waals surface area contributed by atoms with Crippen molar-refractivity contribution in [3.63, 3.8) is 0 Å². The molecule has 2 atom stereocenters. The van der Waals surface area contributed by atoms with E-state index in [9.17, 15) is 4.79 Å². The first-order valence-electron chi connectivity index (χ1n) is 6.49. The summed E-state index contributed by atoms with van der Waals surface area (Å²) in [7, 11) is 0. The molecule has 0 bridgehead atoms. The molecule has 4 nitrogen and oxygen atoms in total. The number of nitrogens with two attached hydrogens (primary N) is 1. The highest BCUT2D eigenvalue weighted by molar-refractivity contribution is 5.94. The Bertz CT molecular complexity index is 426. The van der Waals surface area contributed by atoms with Crippen molar-refractivity contribution in [3.05, 3.63) is 24.3 Å². The molecular formula is C14H21ClN2O2. The molecule has 5 heteroatoms. The van der Waals surface area contributed by atoms with Crippen molar-refractivity contribution in [2.24, 2.45) is 11.7 Å². The van der Waals surface area contributed by atoms with E-state index in [4.69, 9.17) is 10.5 Å². The number of benzene rings is 1. The van der Waals surface area contributed by atoms with Crippen LogP contribution in [0.25, 0.3) is 0 Å². The van der Waals surface area contributed by atoms with Crippen molar-refractivity contribution in [1.82, 2.24) is 0 Å². The second kappa shape index (κ2) is 7.36. The van der Waals surface area contributed by atoms with Crippen LogP contribution >= 0.6 is 12.4 Å². The molecule has 2 unspecified atom stereocenters. The SMILES string of the molecule is CCOc1ccccc1NC(=O)C1CCC(N)C1.Cl. The summed E-state index contributed by atoms with van der Waals surface area (Å²) in [5.41, 5.74) is 6.57. The Labute approximate surface area is 120 Å². The van der Waals surface area contributed by atoms with Crippen molar-refractivity contribution < 1.29 is 9.53 Å². The van der Waals surface area contributed by atoms with Crippen LogP contribution in [0.3, 0.4) is 0 Å². The average Bonchev–Trinajstić information content (AvgIpc) is 2.79. The molecule has 0 spiro atoms. The molecule has 1 amide bonds. The Balaban J connectivity index is 0.00000180. The molecule has 0 radical (unpaired) electrons. The minimum atomic E-state index is 0. The lowest BCUT2D eigenvalue weighted by Gasteiger charge is -2.14. The van der Waals surface area contributed by atoms with Crippen LogP contribution in [0.5, 0.6) is 5.75 Å². The molecule has 106 valence electrons. The molecular weight excluding hydrogens is 264 g/mol. The lowest BCUT2D eigenvalue weighted by Crippen LogP contribution is -2.23. The summed E-state index contributed by atoms with van der Waals surface area (Å²) in [6, 6.07) is 7.67. The number of rotatable bonds is 4. The second-order valence-electron chi connectivity index (χ2n) is 4.69. The molecule has 2 rings (SSSR count). The largest absolute Gasteiger partial charge is 0.492 e. The molecule has 1 fully saturated rings. The highest BCUT2D eigenvalue weighted by atomic mass is 35.5. The zero-order valence-corrected chi connectivity index (χ0v) is 11.9. The smallest absolute Gasteiger partial charge is 0.227 e. The van der Waals surface area contributed by atoms with Gasteiger partial charge in [0.15, 0.2) is 0 Å². The van der Waals surface area contributed by atoms with Crippen LogP contribution in [0.1, 0.15) is 26.2 Å². The number of carbonyl (C=O) groups is 1. The average molecular weight is 285 g/mol. The van der Waals surface area contributed by atoms with Gasteiger partial charge in [-0.05, 0) is 38.3 Å². The predicted octanol–water partition coefficient (Wildman–Crippen LogP) is 2.57. The lowest BCUT2D eigenvalue weighted by molar-refractivity contribution is -0.119. The van der Waals surface area contributed by atoms with Crippen molar-refractivity contribution in [2.45, 2.75) is 32.2 Å². The second-order valence-corrected chi connectivity index (χ2v) is 4.69. The van der Waals surface area contributed by atoms with E-state index in [1.807, 2.05) is 31.2 Å². The van der Waals surface area contributed by atoms with E-state index >= 15 is 0 Å². The van der Waals surface area contributed by atoms with Gasteiger partial charge in [-0.2, -0.15) is 0 Å². The molecule has 19 heavy (non-hydrogen) atoms. The van der Waals surface area contributed by atoms with Crippen LogP contribution in [0.15, 0.2) is 24.3 Å². The van der Waals surface area contributed by atoms with Crippen LogP contribution in [-0.2, 0) is 4.79 Å². The summed E-state index contributed by atoms with van der Waals surface area (Å²) in [6.45, 7) is 2.51. The Kier molecular flexibility index (Phi) is 6.12. The normalized spacial score (nSPS) is 21.6. The van der Waals surface area contributed by atoms with E-state index in [2.05, 4.69) is 5.32 Å². The third-order valence-corrected chi connectivity index (χ3v) is 3.29. The number of para-hydroxylation sites is 2. The van der Waals surface area contributed by atoms with E-state index in [0.29, 0.717) is 6.61 Å². The summed E-state index contributed by atoms with van der Waals surface area (Å²) in [5, 5.41) is 2.94. The monoisotopic (exact) mass is 284 g/mol. The first-order valence-corrected chi connectivity index (χ1v) is 6.49. The third-order valence-electron chi connectivity index (χ3n) is 3.29. The van der Waals surface area contributed by atoms with Crippen molar-refractivity contribution >= 4 is 24.0 Å². The fraction of sp³-hybridized carbons (Fsp3) is 0.500. The van der Waals surface area contributed by atoms with Crippen LogP contribution in [-0.4, -0.2) is 18.6 Å². The number of ether oxygens (including phenoxy) is 1. The van der Waals surface area contributed by atoms with E-state index in [1.165, 1.54) is 0 Å². The highest BCUT2D eigenvalue weighted by Crippen LogP contribution is 2.28. The third kappa shape index (κ3) is 4.11. The van der Waals surface area contributed by atoms with E-state index in [1.54, 1.807) is 0 Å². The summed E-state index contributed by atoms with van der Waals surface area (Å²) < 4.78 is 5.48. The molecule has 0 aromatic heterocycles. The summed E-state index contributed by atoms with van der Waals surface area (Å²) in [6.07, 6.45) is 2.59. The lowest BCUT2D eigenvalue weighted by atomic mass is 10.1. The Morgan fingerprint density at radius 1 is 1.42 bits per heavy atom. The van der Waals surface area contributed by atoms with Gasteiger partial charge in [-0.3, -0.25) is 4.79 Å². The first kappa shape index (κ1) is 15.8. The molecule has 0 saturated heterocycles. The van der Waals surface area contributed by atoms with Gasteiger partial charge in [-0.1, -0.05) is 12.1 Å². The van der Waals surface area contributed by atoms with Gasteiger partial charge in [0.1, 0.15) is 5.75 Å². The van der Waals surface area contributed by atoms with Crippen LogP contribution in [0, 0.1) is 5.92 Å². The standard InChI is InChI=1S/C14H20N2O2.ClH/c1-2-18-13-6-4-3-5-12(13)16-14(17)10-7-8-11(15)9-10;/h3-6,10-11H,2,7-9,15H2,1H3,(H,16,17);1H. The number of hydrogen-bond donors (Lipinski definition) is 2. The minimum Gasteiger partial charge on any atom is -0.492 e. The fourth-order valence-electron chi connectivity index (χ4n) is 2.34. The predicted molar refractivity (Wildman–Crippen MR) is 78.8 cm³/mol. The molecule has 1 aliphatic carbocycles. The van der Waals surface area contributed by atoms with Gasteiger partial charge >= 0.3 is 0 Å². The number of anilines is 1. The zero-order chi connectivity index (χ0) is 13.0. The van der Waals surface area contributed by atoms with Crippen LogP contribution in [0.4, 0.5) is 5.69 Å². The topological polar surface area (TPSA) is 64.3 Å². The quantitative estimate of drug-likeness (QED) is 0.893. The summed E-state index contributed by atoms with van der Waals surface area (Å²) >= 11 is 0. The maximum Gasteiger partial charge on any atom is 0.227 e. The zero-order valence-electron chi connectivity index (χ0n) is 11.1.